The summed E-state index contributed by atoms with van der Waals surface area (Å²) in [6.07, 6.45) is 1.49. The normalized spacial score (nSPS) is 12.6. The Kier molecular flexibility index (Phi) is 3.81. The van der Waals surface area contributed by atoms with Crippen LogP contribution in [0.5, 0.6) is 5.88 Å². The lowest BCUT2D eigenvalue weighted by molar-refractivity contribution is -0.0501. The molecule has 0 atom stereocenters. The van der Waals surface area contributed by atoms with Crippen LogP contribution in [0, 0.1) is 0 Å². The highest BCUT2D eigenvalue weighted by Gasteiger charge is 2.48. The summed E-state index contributed by atoms with van der Waals surface area (Å²) < 4.78 is 69.9. The van der Waals surface area contributed by atoms with E-state index in [9.17, 15) is 21.6 Å². The molecule has 1 aromatic carbocycles. The Morgan fingerprint density at radius 1 is 1.04 bits per heavy atom. The fourth-order valence-electron chi connectivity index (χ4n) is 2.53. The molecule has 138 valence electrons. The average Bonchev–Trinajstić information content (AvgIpc) is 3.03. The number of pyridine rings is 2. The number of para-hydroxylation sites is 1. The predicted octanol–water partition coefficient (Wildman–Crippen LogP) is 4.27. The van der Waals surface area contributed by atoms with Crippen LogP contribution < -0.4 is 4.18 Å². The minimum absolute atomic E-state index is 0.145. The van der Waals surface area contributed by atoms with Gasteiger partial charge >= 0.3 is 15.6 Å². The number of aromatic nitrogens is 2. The van der Waals surface area contributed by atoms with Crippen LogP contribution in [0.1, 0.15) is 0 Å². The largest absolute Gasteiger partial charge is 0.534 e. The molecule has 0 saturated carbocycles. The van der Waals surface area contributed by atoms with Gasteiger partial charge in [-0.3, -0.25) is 4.98 Å². The first-order chi connectivity index (χ1) is 12.7. The lowest BCUT2D eigenvalue weighted by atomic mass is 10.1. The molecule has 10 heteroatoms. The molecule has 0 radical (unpaired) electrons. The average molecular weight is 394 g/mol. The van der Waals surface area contributed by atoms with Gasteiger partial charge in [-0.25, -0.2) is 4.98 Å². The summed E-state index contributed by atoms with van der Waals surface area (Å²) in [5, 5.41) is 0.824. The zero-order valence-corrected chi connectivity index (χ0v) is 14.1. The first-order valence-corrected chi connectivity index (χ1v) is 8.91. The summed E-state index contributed by atoms with van der Waals surface area (Å²) >= 11 is 0. The Labute approximate surface area is 150 Å². The molecule has 27 heavy (non-hydrogen) atoms. The second-order valence-corrected chi connectivity index (χ2v) is 7.05. The maximum absolute atomic E-state index is 12.5. The Hall–Kier alpha value is -3.14. The van der Waals surface area contributed by atoms with Crippen molar-refractivity contribution < 1.29 is 30.2 Å². The molecule has 0 fully saturated rings. The number of alkyl halides is 3. The van der Waals surface area contributed by atoms with Gasteiger partial charge in [0.25, 0.3) is 0 Å². The zero-order chi connectivity index (χ0) is 19.2. The topological polar surface area (TPSA) is 82.3 Å². The molecular weight excluding hydrogens is 385 g/mol. The van der Waals surface area contributed by atoms with Crippen molar-refractivity contribution in [3.63, 3.8) is 0 Å². The Morgan fingerprint density at radius 2 is 1.81 bits per heavy atom. The smallest absolute Gasteiger partial charge is 0.456 e. The zero-order valence-electron chi connectivity index (χ0n) is 13.3. The lowest BCUT2D eigenvalue weighted by Gasteiger charge is -2.09. The quantitative estimate of drug-likeness (QED) is 0.381. The molecule has 0 amide bonds. The Balaban J connectivity index is 1.85. The van der Waals surface area contributed by atoms with Crippen LogP contribution in [-0.4, -0.2) is 23.9 Å². The summed E-state index contributed by atoms with van der Waals surface area (Å²) in [4.78, 5) is 7.97. The first-order valence-electron chi connectivity index (χ1n) is 7.50. The van der Waals surface area contributed by atoms with Crippen molar-refractivity contribution in [2.24, 2.45) is 0 Å². The minimum Gasteiger partial charge on any atom is -0.456 e. The molecule has 0 aliphatic heterocycles. The third-order valence-electron chi connectivity index (χ3n) is 3.73. The first kappa shape index (κ1) is 17.3. The van der Waals surface area contributed by atoms with Gasteiger partial charge in [0.05, 0.1) is 5.52 Å². The maximum Gasteiger partial charge on any atom is 0.534 e. The molecule has 4 rings (SSSR count). The molecule has 0 N–H and O–H groups in total. The van der Waals surface area contributed by atoms with Crippen molar-refractivity contribution in [1.29, 1.82) is 0 Å². The third-order valence-corrected chi connectivity index (χ3v) is 4.69. The number of rotatable bonds is 3. The van der Waals surface area contributed by atoms with Crippen molar-refractivity contribution in [3.05, 3.63) is 54.7 Å². The highest BCUT2D eigenvalue weighted by Crippen LogP contribution is 2.33. The van der Waals surface area contributed by atoms with Crippen molar-refractivity contribution >= 4 is 32.1 Å². The fourth-order valence-corrected chi connectivity index (χ4v) is 2.94. The molecule has 6 nitrogen and oxygen atoms in total. The van der Waals surface area contributed by atoms with E-state index in [4.69, 9.17) is 4.42 Å². The van der Waals surface area contributed by atoms with Gasteiger partial charge in [-0.1, -0.05) is 18.2 Å². The van der Waals surface area contributed by atoms with Gasteiger partial charge in [0, 0.05) is 23.2 Å². The van der Waals surface area contributed by atoms with Crippen molar-refractivity contribution in [1.82, 2.24) is 9.97 Å². The fraction of sp³-hybridized carbons (Fsp3) is 0.0588. The summed E-state index contributed by atoms with van der Waals surface area (Å²) in [5.74, 6) is -0.308. The number of halogens is 3. The number of fused-ring (bicyclic) bond motifs is 2. The number of furan rings is 1. The van der Waals surface area contributed by atoms with Crippen LogP contribution in [0.3, 0.4) is 0 Å². The molecular formula is C17H9F3N2O4S. The van der Waals surface area contributed by atoms with E-state index in [-0.39, 0.29) is 5.52 Å². The van der Waals surface area contributed by atoms with E-state index in [1.807, 2.05) is 12.1 Å². The minimum atomic E-state index is -5.82. The van der Waals surface area contributed by atoms with Gasteiger partial charge in [-0.15, -0.1) is 0 Å². The van der Waals surface area contributed by atoms with E-state index in [0.29, 0.717) is 22.4 Å². The molecule has 0 spiro atoms. The van der Waals surface area contributed by atoms with E-state index < -0.39 is 21.5 Å². The van der Waals surface area contributed by atoms with Crippen LogP contribution in [0.4, 0.5) is 13.2 Å². The molecule has 3 aromatic heterocycles. The van der Waals surface area contributed by atoms with Crippen molar-refractivity contribution in [2.45, 2.75) is 5.51 Å². The van der Waals surface area contributed by atoms with Crippen LogP contribution in [0.25, 0.3) is 33.3 Å². The number of hydrogen-bond donors (Lipinski definition) is 0. The molecule has 0 saturated heterocycles. The van der Waals surface area contributed by atoms with E-state index >= 15 is 0 Å². The summed E-state index contributed by atoms with van der Waals surface area (Å²) in [6, 6.07) is 12.9. The van der Waals surface area contributed by atoms with Gasteiger partial charge in [0.15, 0.2) is 0 Å². The van der Waals surface area contributed by atoms with E-state index in [2.05, 4.69) is 14.2 Å². The summed E-state index contributed by atoms with van der Waals surface area (Å²) in [5.41, 5.74) is -4.02. The Morgan fingerprint density at radius 3 is 2.56 bits per heavy atom. The highest BCUT2D eigenvalue weighted by atomic mass is 32.2. The highest BCUT2D eigenvalue weighted by molar-refractivity contribution is 7.87. The van der Waals surface area contributed by atoms with E-state index in [1.165, 1.54) is 12.3 Å². The molecule has 4 aromatic rings. The monoisotopic (exact) mass is 394 g/mol. The molecule has 0 aliphatic rings. The molecule has 0 unspecified atom stereocenters. The van der Waals surface area contributed by atoms with Crippen LogP contribution in [-0.2, 0) is 10.1 Å². The van der Waals surface area contributed by atoms with Gasteiger partial charge < -0.3 is 8.60 Å². The summed E-state index contributed by atoms with van der Waals surface area (Å²) in [7, 11) is -5.82. The van der Waals surface area contributed by atoms with Crippen LogP contribution >= 0.6 is 0 Å². The molecule has 0 aliphatic carbocycles. The Bertz CT molecular complexity index is 1230. The predicted molar refractivity (Wildman–Crippen MR) is 90.3 cm³/mol. The lowest BCUT2D eigenvalue weighted by Crippen LogP contribution is -2.28. The third kappa shape index (κ3) is 3.08. The van der Waals surface area contributed by atoms with Gasteiger partial charge in [-0.05, 0) is 24.3 Å². The molecule has 3 heterocycles. The van der Waals surface area contributed by atoms with Crippen molar-refractivity contribution in [2.75, 3.05) is 0 Å². The molecule has 0 bridgehead atoms. The SMILES string of the molecule is O=S(=O)(Oc1ccc2nccc(-c3cc4ccccc4o3)c2n1)C(F)(F)F. The number of benzene rings is 1. The van der Waals surface area contributed by atoms with Gasteiger partial charge in [0.2, 0.25) is 5.88 Å². The van der Waals surface area contributed by atoms with Crippen LogP contribution in [0.15, 0.2) is 59.1 Å². The van der Waals surface area contributed by atoms with Crippen LogP contribution in [0.2, 0.25) is 0 Å². The number of nitrogens with zero attached hydrogens (tertiary/aromatic N) is 2. The van der Waals surface area contributed by atoms with Gasteiger partial charge in [0.1, 0.15) is 16.9 Å². The maximum atomic E-state index is 12.5. The van der Waals surface area contributed by atoms with E-state index in [1.54, 1.807) is 24.3 Å². The van der Waals surface area contributed by atoms with E-state index in [0.717, 1.165) is 11.5 Å². The standard InChI is InChI=1S/C17H9F3N2O4S/c18-17(19,20)27(23,24)26-15-6-5-12-16(22-15)11(7-8-21-12)14-9-10-3-1-2-4-13(10)25-14/h1-9H. The van der Waals surface area contributed by atoms with Crippen molar-refractivity contribution in [3.8, 4) is 17.2 Å². The second kappa shape index (κ2) is 5.95. The number of hydrogen-bond acceptors (Lipinski definition) is 6. The van der Waals surface area contributed by atoms with Gasteiger partial charge in [-0.2, -0.15) is 21.6 Å². The summed E-state index contributed by atoms with van der Waals surface area (Å²) in [6.45, 7) is 0. The second-order valence-electron chi connectivity index (χ2n) is 5.51.